The molecular formula is C9H7BrCl2N4O2S. The van der Waals surface area contributed by atoms with Crippen molar-refractivity contribution in [3.8, 4) is 0 Å². The average molecular weight is 386 g/mol. The summed E-state index contributed by atoms with van der Waals surface area (Å²) in [6.45, 7) is 0. The first-order valence-corrected chi connectivity index (χ1v) is 7.85. The Hall–Kier alpha value is -0.830. The predicted molar refractivity (Wildman–Crippen MR) is 76.0 cm³/mol. The number of hydrogen-bond acceptors (Lipinski definition) is 4. The highest BCUT2D eigenvalue weighted by Crippen LogP contribution is 2.27. The fraction of sp³-hybridized carbons (Fsp3) is 0.111. The molecule has 0 aliphatic heterocycles. The summed E-state index contributed by atoms with van der Waals surface area (Å²) in [7, 11) is -2.34. The molecule has 6 nitrogen and oxygen atoms in total. The van der Waals surface area contributed by atoms with Crippen LogP contribution >= 0.6 is 39.1 Å². The molecule has 0 saturated heterocycles. The SMILES string of the molecule is Cn1cnc(S(=O)(=O)Nc2cc(Br)cnc2Cl)c1Cl. The molecule has 0 saturated carbocycles. The van der Waals surface area contributed by atoms with Crippen LogP contribution in [0.4, 0.5) is 5.69 Å². The quantitative estimate of drug-likeness (QED) is 0.824. The maximum Gasteiger partial charge on any atom is 0.282 e. The summed E-state index contributed by atoms with van der Waals surface area (Å²) in [5.74, 6) is 0. The lowest BCUT2D eigenvalue weighted by Crippen LogP contribution is -2.14. The zero-order valence-electron chi connectivity index (χ0n) is 9.43. The van der Waals surface area contributed by atoms with E-state index in [2.05, 4.69) is 30.6 Å². The second-order valence-electron chi connectivity index (χ2n) is 3.55. The number of hydrogen-bond donors (Lipinski definition) is 1. The van der Waals surface area contributed by atoms with Crippen LogP contribution in [0.1, 0.15) is 0 Å². The van der Waals surface area contributed by atoms with Gasteiger partial charge in [0.05, 0.1) is 12.0 Å². The molecule has 0 spiro atoms. The lowest BCUT2D eigenvalue weighted by Gasteiger charge is -2.08. The molecule has 0 aromatic carbocycles. The van der Waals surface area contributed by atoms with E-state index >= 15 is 0 Å². The Morgan fingerprint density at radius 2 is 2.05 bits per heavy atom. The summed E-state index contributed by atoms with van der Waals surface area (Å²) in [6.07, 6.45) is 2.76. The second kappa shape index (κ2) is 5.28. The van der Waals surface area contributed by atoms with Crippen LogP contribution in [0.5, 0.6) is 0 Å². The van der Waals surface area contributed by atoms with Gasteiger partial charge in [-0.15, -0.1) is 0 Å². The number of aryl methyl sites for hydroxylation is 1. The standard InChI is InChI=1S/C9H7BrCl2N4O2S/c1-16-4-14-9(8(16)12)19(17,18)15-6-2-5(10)3-13-7(6)11/h2-4,15H,1H3. The van der Waals surface area contributed by atoms with Gasteiger partial charge < -0.3 is 4.57 Å². The molecule has 1 N–H and O–H groups in total. The summed E-state index contributed by atoms with van der Waals surface area (Å²) in [6, 6.07) is 1.49. The molecule has 19 heavy (non-hydrogen) atoms. The number of nitrogens with zero attached hydrogens (tertiary/aromatic N) is 3. The molecule has 2 aromatic rings. The van der Waals surface area contributed by atoms with Crippen molar-refractivity contribution in [3.05, 3.63) is 33.4 Å². The van der Waals surface area contributed by atoms with Crippen LogP contribution in [0.15, 0.2) is 28.1 Å². The molecule has 0 amide bonds. The van der Waals surface area contributed by atoms with Gasteiger partial charge >= 0.3 is 0 Å². The van der Waals surface area contributed by atoms with Crippen molar-refractivity contribution < 1.29 is 8.42 Å². The number of anilines is 1. The lowest BCUT2D eigenvalue weighted by atomic mass is 10.4. The van der Waals surface area contributed by atoms with Gasteiger partial charge in [0.2, 0.25) is 5.03 Å². The summed E-state index contributed by atoms with van der Waals surface area (Å²) >= 11 is 14.8. The fourth-order valence-corrected chi connectivity index (χ4v) is 3.29. The molecule has 0 atom stereocenters. The van der Waals surface area contributed by atoms with E-state index in [1.54, 1.807) is 7.05 Å². The van der Waals surface area contributed by atoms with E-state index in [-0.39, 0.29) is 21.0 Å². The summed E-state index contributed by atoms with van der Waals surface area (Å²) in [4.78, 5) is 7.56. The van der Waals surface area contributed by atoms with Crippen LogP contribution in [0.2, 0.25) is 10.3 Å². The topological polar surface area (TPSA) is 76.9 Å². The highest BCUT2D eigenvalue weighted by molar-refractivity contribution is 9.10. The lowest BCUT2D eigenvalue weighted by molar-refractivity contribution is 0.598. The Balaban J connectivity index is 2.42. The van der Waals surface area contributed by atoms with E-state index in [1.165, 1.54) is 23.2 Å². The molecule has 2 rings (SSSR count). The molecule has 2 heterocycles. The minimum absolute atomic E-state index is 0.00609. The molecule has 0 unspecified atom stereocenters. The van der Waals surface area contributed by atoms with E-state index in [9.17, 15) is 8.42 Å². The monoisotopic (exact) mass is 384 g/mol. The van der Waals surface area contributed by atoms with Crippen molar-refractivity contribution in [1.29, 1.82) is 0 Å². The maximum atomic E-state index is 12.1. The minimum atomic E-state index is -3.92. The fourth-order valence-electron chi connectivity index (χ4n) is 1.26. The molecule has 0 aliphatic carbocycles. The third-order valence-electron chi connectivity index (χ3n) is 2.14. The number of imidazole rings is 1. The van der Waals surface area contributed by atoms with E-state index in [1.807, 2.05) is 0 Å². The average Bonchev–Trinajstić information content (AvgIpc) is 2.65. The smallest absolute Gasteiger partial charge is 0.282 e. The van der Waals surface area contributed by atoms with Crippen molar-refractivity contribution in [1.82, 2.24) is 14.5 Å². The van der Waals surface area contributed by atoms with Crippen molar-refractivity contribution in [2.45, 2.75) is 5.03 Å². The molecule has 0 fully saturated rings. The van der Waals surface area contributed by atoms with Crippen molar-refractivity contribution >= 4 is 54.8 Å². The molecule has 10 heteroatoms. The molecule has 2 aromatic heterocycles. The van der Waals surface area contributed by atoms with Gasteiger partial charge in [0.25, 0.3) is 10.0 Å². The Bertz CT molecular complexity index is 732. The van der Waals surface area contributed by atoms with Gasteiger partial charge in [-0.3, -0.25) is 4.72 Å². The molecular weight excluding hydrogens is 379 g/mol. The van der Waals surface area contributed by atoms with Gasteiger partial charge in [-0.05, 0) is 22.0 Å². The Labute approximate surface area is 127 Å². The first kappa shape index (κ1) is 14.6. The second-order valence-corrected chi connectivity index (χ2v) is 6.78. The van der Waals surface area contributed by atoms with Crippen LogP contribution in [0, 0.1) is 0 Å². The van der Waals surface area contributed by atoms with Crippen LogP contribution in [0.25, 0.3) is 0 Å². The van der Waals surface area contributed by atoms with E-state index in [0.717, 1.165) is 0 Å². The third-order valence-corrected chi connectivity index (χ3v) is 4.73. The summed E-state index contributed by atoms with van der Waals surface area (Å²) in [5, 5.41) is -0.238. The van der Waals surface area contributed by atoms with Crippen molar-refractivity contribution in [2.75, 3.05) is 4.72 Å². The van der Waals surface area contributed by atoms with Gasteiger partial charge in [0.1, 0.15) is 5.15 Å². The van der Waals surface area contributed by atoms with Gasteiger partial charge in [-0.1, -0.05) is 23.2 Å². The number of pyridine rings is 1. The van der Waals surface area contributed by atoms with Crippen LogP contribution in [-0.2, 0) is 17.1 Å². The molecule has 102 valence electrons. The van der Waals surface area contributed by atoms with Gasteiger partial charge in [0, 0.05) is 17.7 Å². The zero-order chi connectivity index (χ0) is 14.2. The van der Waals surface area contributed by atoms with Crippen LogP contribution in [-0.4, -0.2) is 23.0 Å². The first-order chi connectivity index (χ1) is 8.81. The Morgan fingerprint density at radius 3 is 2.63 bits per heavy atom. The number of halogens is 3. The number of aromatic nitrogens is 3. The number of nitrogens with one attached hydrogen (secondary N) is 1. The Kier molecular flexibility index (Phi) is 4.05. The van der Waals surface area contributed by atoms with Crippen molar-refractivity contribution in [3.63, 3.8) is 0 Å². The Morgan fingerprint density at radius 1 is 1.37 bits per heavy atom. The van der Waals surface area contributed by atoms with E-state index in [0.29, 0.717) is 4.47 Å². The largest absolute Gasteiger partial charge is 0.324 e. The highest BCUT2D eigenvalue weighted by Gasteiger charge is 2.23. The molecule has 0 radical (unpaired) electrons. The number of sulfonamides is 1. The maximum absolute atomic E-state index is 12.1. The van der Waals surface area contributed by atoms with Crippen molar-refractivity contribution in [2.24, 2.45) is 7.05 Å². The summed E-state index contributed by atoms with van der Waals surface area (Å²) in [5.41, 5.74) is 0.137. The number of rotatable bonds is 3. The normalized spacial score (nSPS) is 11.6. The third kappa shape index (κ3) is 3.02. The first-order valence-electron chi connectivity index (χ1n) is 4.82. The van der Waals surface area contributed by atoms with Crippen LogP contribution < -0.4 is 4.72 Å². The minimum Gasteiger partial charge on any atom is -0.324 e. The van der Waals surface area contributed by atoms with E-state index < -0.39 is 10.0 Å². The highest BCUT2D eigenvalue weighted by atomic mass is 79.9. The predicted octanol–water partition coefficient (Wildman–Crippen LogP) is 2.69. The molecule has 0 bridgehead atoms. The molecule has 0 aliphatic rings. The van der Waals surface area contributed by atoms with Gasteiger partial charge in [-0.2, -0.15) is 8.42 Å². The van der Waals surface area contributed by atoms with E-state index in [4.69, 9.17) is 23.2 Å². The zero-order valence-corrected chi connectivity index (χ0v) is 13.3. The van der Waals surface area contributed by atoms with Crippen LogP contribution in [0.3, 0.4) is 0 Å². The van der Waals surface area contributed by atoms with Gasteiger partial charge in [-0.25, -0.2) is 9.97 Å². The van der Waals surface area contributed by atoms with Gasteiger partial charge in [0.15, 0.2) is 5.15 Å². The summed E-state index contributed by atoms with van der Waals surface area (Å²) < 4.78 is 28.5.